The largest absolute Gasteiger partial charge is 0.534 e. The van der Waals surface area contributed by atoms with Gasteiger partial charge in [0.25, 0.3) is 0 Å². The molecule has 0 aliphatic heterocycles. The molecule has 0 amide bonds. The van der Waals surface area contributed by atoms with Crippen LogP contribution in [0.15, 0.2) is 18.2 Å². The van der Waals surface area contributed by atoms with E-state index in [4.69, 9.17) is 0 Å². The molecule has 1 aliphatic rings. The quantitative estimate of drug-likeness (QED) is 0.225. The number of unbranched alkanes of at least 4 members (excludes halogenated alkanes) is 5. The lowest BCUT2D eigenvalue weighted by Gasteiger charge is -2.29. The summed E-state index contributed by atoms with van der Waals surface area (Å²) in [5, 5.41) is 9.25. The smallest absolute Gasteiger partial charge is 0.375 e. The van der Waals surface area contributed by atoms with E-state index in [0.29, 0.717) is 5.92 Å². The Morgan fingerprint density at radius 1 is 1.07 bits per heavy atom. The third kappa shape index (κ3) is 6.90. The normalized spacial score (nSPS) is 20.0. The number of benzene rings is 1. The predicted molar refractivity (Wildman–Crippen MR) is 109 cm³/mol. The van der Waals surface area contributed by atoms with E-state index in [9.17, 15) is 26.9 Å². The average Bonchev–Trinajstić information content (AvgIpc) is 2.70. The lowest BCUT2D eigenvalue weighted by atomic mass is 9.77. The van der Waals surface area contributed by atoms with E-state index >= 15 is 0 Å². The van der Waals surface area contributed by atoms with Crippen LogP contribution in [-0.2, 0) is 10.1 Å². The highest BCUT2D eigenvalue weighted by atomic mass is 32.2. The van der Waals surface area contributed by atoms with Crippen molar-refractivity contribution in [3.63, 3.8) is 0 Å². The summed E-state index contributed by atoms with van der Waals surface area (Å²) in [5.74, 6) is 0.351. The van der Waals surface area contributed by atoms with Crippen LogP contribution in [0.5, 0.6) is 5.75 Å². The summed E-state index contributed by atoms with van der Waals surface area (Å²) in [6.07, 6.45) is 13.1. The molecule has 1 aromatic carbocycles. The molecule has 0 N–H and O–H groups in total. The summed E-state index contributed by atoms with van der Waals surface area (Å²) in [6, 6.07) is 5.93. The molecule has 1 aromatic rings. The van der Waals surface area contributed by atoms with Crippen LogP contribution in [0.4, 0.5) is 13.2 Å². The molecule has 4 nitrogen and oxygen atoms in total. The highest BCUT2D eigenvalue weighted by Gasteiger charge is 2.48. The second-order valence-corrected chi connectivity index (χ2v) is 9.66. The average molecular weight is 446 g/mol. The van der Waals surface area contributed by atoms with Crippen LogP contribution < -0.4 is 4.18 Å². The Kier molecular flexibility index (Phi) is 9.02. The summed E-state index contributed by atoms with van der Waals surface area (Å²) >= 11 is 0. The third-order valence-corrected chi connectivity index (χ3v) is 6.86. The molecule has 8 heteroatoms. The van der Waals surface area contributed by atoms with Gasteiger partial charge in [-0.2, -0.15) is 26.9 Å². The molecule has 1 saturated carbocycles. The van der Waals surface area contributed by atoms with Crippen molar-refractivity contribution in [2.75, 3.05) is 0 Å². The van der Waals surface area contributed by atoms with Gasteiger partial charge in [0.05, 0.1) is 5.56 Å². The number of rotatable bonds is 10. The van der Waals surface area contributed by atoms with Gasteiger partial charge in [0, 0.05) is 0 Å². The molecular weight excluding hydrogens is 415 g/mol. The van der Waals surface area contributed by atoms with Gasteiger partial charge in [-0.15, -0.1) is 0 Å². The van der Waals surface area contributed by atoms with Crippen molar-refractivity contribution in [1.82, 2.24) is 0 Å². The van der Waals surface area contributed by atoms with Gasteiger partial charge in [0.1, 0.15) is 6.07 Å². The van der Waals surface area contributed by atoms with E-state index in [1.807, 2.05) is 0 Å². The van der Waals surface area contributed by atoms with Crippen molar-refractivity contribution < 1.29 is 25.8 Å². The first kappa shape index (κ1) is 24.5. The van der Waals surface area contributed by atoms with E-state index in [1.165, 1.54) is 51.0 Å². The second-order valence-electron chi connectivity index (χ2n) is 8.12. The van der Waals surface area contributed by atoms with Gasteiger partial charge in [0.15, 0.2) is 5.75 Å². The molecule has 0 saturated heterocycles. The van der Waals surface area contributed by atoms with Gasteiger partial charge in [-0.25, -0.2) is 0 Å². The lowest BCUT2D eigenvalue weighted by molar-refractivity contribution is -0.0500. The highest BCUT2D eigenvalue weighted by Crippen LogP contribution is 2.39. The Hall–Kier alpha value is -1.75. The van der Waals surface area contributed by atoms with E-state index in [1.54, 1.807) is 12.1 Å². The van der Waals surface area contributed by atoms with Crippen molar-refractivity contribution >= 4 is 10.1 Å². The molecule has 0 aromatic heterocycles. The maximum absolute atomic E-state index is 12.5. The third-order valence-electron chi connectivity index (χ3n) is 5.89. The summed E-state index contributed by atoms with van der Waals surface area (Å²) < 4.78 is 64.2. The van der Waals surface area contributed by atoms with Gasteiger partial charge in [0.2, 0.25) is 0 Å². The maximum Gasteiger partial charge on any atom is 0.534 e. The van der Waals surface area contributed by atoms with Crippen molar-refractivity contribution in [1.29, 1.82) is 5.26 Å². The molecule has 1 fully saturated rings. The maximum atomic E-state index is 12.5. The van der Waals surface area contributed by atoms with Crippen LogP contribution in [0.1, 0.15) is 94.6 Å². The van der Waals surface area contributed by atoms with Gasteiger partial charge in [-0.1, -0.05) is 57.9 Å². The molecule has 0 spiro atoms. The van der Waals surface area contributed by atoms with Crippen LogP contribution in [-0.4, -0.2) is 13.9 Å². The summed E-state index contributed by atoms with van der Waals surface area (Å²) in [4.78, 5) is 0. The minimum atomic E-state index is -5.80. The molecule has 30 heavy (non-hydrogen) atoms. The van der Waals surface area contributed by atoms with Gasteiger partial charge in [-0.05, 0) is 55.2 Å². The number of halogens is 3. The van der Waals surface area contributed by atoms with Gasteiger partial charge < -0.3 is 4.18 Å². The first-order valence-corrected chi connectivity index (χ1v) is 12.1. The predicted octanol–water partition coefficient (Wildman–Crippen LogP) is 6.81. The van der Waals surface area contributed by atoms with E-state index in [2.05, 4.69) is 11.1 Å². The van der Waals surface area contributed by atoms with Crippen LogP contribution in [0.2, 0.25) is 0 Å². The van der Waals surface area contributed by atoms with Crippen molar-refractivity contribution in [2.24, 2.45) is 5.92 Å². The minimum Gasteiger partial charge on any atom is -0.375 e. The Morgan fingerprint density at radius 3 is 2.30 bits per heavy atom. The van der Waals surface area contributed by atoms with Gasteiger partial charge in [-0.3, -0.25) is 0 Å². The standard InChI is InChI=1S/C22H30F3NO3S/c1-2-3-4-5-6-7-8-17-9-11-18(12-10-17)19-13-14-21(20(15-19)16-26)29-30(27,28)22(23,24)25/h13-15,17-18H,2-12H2,1H3. The summed E-state index contributed by atoms with van der Waals surface area (Å²) in [5.41, 5.74) is -4.89. The topological polar surface area (TPSA) is 67.2 Å². The zero-order valence-corrected chi connectivity index (χ0v) is 18.2. The fourth-order valence-corrected chi connectivity index (χ4v) is 4.60. The number of nitriles is 1. The summed E-state index contributed by atoms with van der Waals surface area (Å²) in [7, 11) is -5.80. The molecular formula is C22H30F3NO3S. The first-order valence-electron chi connectivity index (χ1n) is 10.7. The highest BCUT2D eigenvalue weighted by molar-refractivity contribution is 7.88. The minimum absolute atomic E-state index is 0.200. The fraction of sp³-hybridized carbons (Fsp3) is 0.682. The van der Waals surface area contributed by atoms with Crippen molar-refractivity contribution in [3.05, 3.63) is 29.3 Å². The van der Waals surface area contributed by atoms with Crippen LogP contribution in [0.3, 0.4) is 0 Å². The fourth-order valence-electron chi connectivity index (χ4n) is 4.12. The molecule has 0 radical (unpaired) electrons. The van der Waals surface area contributed by atoms with Gasteiger partial charge >= 0.3 is 15.6 Å². The molecule has 0 atom stereocenters. The first-order chi connectivity index (χ1) is 14.2. The second kappa shape index (κ2) is 11.0. The molecule has 0 bridgehead atoms. The SMILES string of the molecule is CCCCCCCCC1CCC(c2ccc(OS(=O)(=O)C(F)(F)F)c(C#N)c2)CC1. The van der Waals surface area contributed by atoms with Crippen molar-refractivity contribution in [3.8, 4) is 11.8 Å². The molecule has 168 valence electrons. The molecule has 0 unspecified atom stereocenters. The van der Waals surface area contributed by atoms with Crippen LogP contribution in [0, 0.1) is 17.2 Å². The number of nitrogens with zero attached hydrogens (tertiary/aromatic N) is 1. The number of hydrogen-bond acceptors (Lipinski definition) is 4. The zero-order chi connectivity index (χ0) is 22.2. The number of hydrogen-bond donors (Lipinski definition) is 0. The summed E-state index contributed by atoms with van der Waals surface area (Å²) in [6.45, 7) is 2.21. The molecule has 0 heterocycles. The molecule has 2 rings (SSSR count). The Bertz CT molecular complexity index is 823. The Balaban J connectivity index is 1.90. The van der Waals surface area contributed by atoms with Crippen LogP contribution in [0.25, 0.3) is 0 Å². The van der Waals surface area contributed by atoms with Crippen LogP contribution >= 0.6 is 0 Å². The van der Waals surface area contributed by atoms with E-state index in [0.717, 1.165) is 37.3 Å². The Morgan fingerprint density at radius 2 is 1.70 bits per heavy atom. The number of alkyl halides is 3. The van der Waals surface area contributed by atoms with E-state index in [-0.39, 0.29) is 11.5 Å². The zero-order valence-electron chi connectivity index (χ0n) is 17.4. The monoisotopic (exact) mass is 445 g/mol. The lowest BCUT2D eigenvalue weighted by Crippen LogP contribution is -2.28. The van der Waals surface area contributed by atoms with E-state index < -0.39 is 21.4 Å². The Labute approximate surface area is 177 Å². The molecule has 1 aliphatic carbocycles. The van der Waals surface area contributed by atoms with Crippen molar-refractivity contribution in [2.45, 2.75) is 89.0 Å².